The van der Waals surface area contributed by atoms with Crippen molar-refractivity contribution in [2.75, 3.05) is 5.32 Å². The number of nitrogens with one attached hydrogen (secondary N) is 2. The van der Waals surface area contributed by atoms with E-state index < -0.39 is 11.7 Å². The van der Waals surface area contributed by atoms with E-state index in [1.165, 1.54) is 11.3 Å². The van der Waals surface area contributed by atoms with Crippen LogP contribution in [0, 0.1) is 0 Å². The van der Waals surface area contributed by atoms with E-state index in [0.29, 0.717) is 16.6 Å². The summed E-state index contributed by atoms with van der Waals surface area (Å²) in [6.07, 6.45) is 2.29. The second kappa shape index (κ2) is 4.38. The van der Waals surface area contributed by atoms with Gasteiger partial charge in [0.05, 0.1) is 10.6 Å². The Hall–Kier alpha value is -1.95. The highest BCUT2D eigenvalue weighted by Gasteiger charge is 2.26. The Morgan fingerprint density at radius 1 is 1.44 bits per heavy atom. The average Bonchev–Trinajstić information content (AvgIpc) is 2.91. The van der Waals surface area contributed by atoms with Crippen molar-refractivity contribution >= 4 is 28.8 Å². The van der Waals surface area contributed by atoms with E-state index in [0.717, 1.165) is 18.5 Å². The minimum atomic E-state index is -0.636. The van der Waals surface area contributed by atoms with Crippen LogP contribution in [0.5, 0.6) is 0 Å². The van der Waals surface area contributed by atoms with Gasteiger partial charge in [-0.3, -0.25) is 14.7 Å². The van der Waals surface area contributed by atoms with Crippen LogP contribution in [0.25, 0.3) is 0 Å². The normalized spacial score (nSPS) is 14.4. The topological polar surface area (TPSA) is 74.8 Å². The highest BCUT2D eigenvalue weighted by molar-refractivity contribution is 7.13. The van der Waals surface area contributed by atoms with Crippen molar-refractivity contribution in [1.82, 2.24) is 10.2 Å². The molecule has 6 heteroatoms. The SMILES string of the molecule is O=C(Nc1cc(C2CC2)n[nH]1)C(=O)c1cccs1. The first-order valence-corrected chi connectivity index (χ1v) is 6.56. The summed E-state index contributed by atoms with van der Waals surface area (Å²) in [5.74, 6) is -0.164. The van der Waals surface area contributed by atoms with E-state index in [-0.39, 0.29) is 0 Å². The van der Waals surface area contributed by atoms with Crippen LogP contribution >= 0.6 is 11.3 Å². The number of thiophene rings is 1. The first-order chi connectivity index (χ1) is 8.74. The summed E-state index contributed by atoms with van der Waals surface area (Å²) >= 11 is 1.25. The molecule has 3 rings (SSSR count). The number of anilines is 1. The molecule has 2 heterocycles. The standard InChI is InChI=1S/C12H11N3O2S/c16-11(9-2-1-5-18-9)12(17)13-10-6-8(14-15-10)7-3-4-7/h1-2,5-7H,3-4H2,(H2,13,14,15,17). The van der Waals surface area contributed by atoms with Crippen molar-refractivity contribution in [3.05, 3.63) is 34.2 Å². The quantitative estimate of drug-likeness (QED) is 0.654. The molecule has 5 nitrogen and oxygen atoms in total. The molecule has 0 saturated heterocycles. The summed E-state index contributed by atoms with van der Waals surface area (Å²) in [6.45, 7) is 0. The summed E-state index contributed by atoms with van der Waals surface area (Å²) in [4.78, 5) is 23.9. The van der Waals surface area contributed by atoms with Gasteiger partial charge >= 0.3 is 0 Å². The number of amides is 1. The van der Waals surface area contributed by atoms with E-state index >= 15 is 0 Å². The number of carbonyl (C=O) groups excluding carboxylic acids is 2. The van der Waals surface area contributed by atoms with Crippen molar-refractivity contribution < 1.29 is 9.59 Å². The average molecular weight is 261 g/mol. The van der Waals surface area contributed by atoms with Crippen LogP contribution in [0.3, 0.4) is 0 Å². The van der Waals surface area contributed by atoms with Crippen LogP contribution in [-0.4, -0.2) is 21.9 Å². The van der Waals surface area contributed by atoms with Gasteiger partial charge in [0.1, 0.15) is 5.82 Å². The van der Waals surface area contributed by atoms with Gasteiger partial charge in [0.15, 0.2) is 0 Å². The Morgan fingerprint density at radius 3 is 2.94 bits per heavy atom. The van der Waals surface area contributed by atoms with Crippen molar-refractivity contribution in [2.24, 2.45) is 0 Å². The lowest BCUT2D eigenvalue weighted by molar-refractivity contribution is -0.112. The molecule has 1 amide bonds. The number of ketones is 1. The number of nitrogens with zero attached hydrogens (tertiary/aromatic N) is 1. The van der Waals surface area contributed by atoms with E-state index in [2.05, 4.69) is 15.5 Å². The Bertz CT molecular complexity index is 584. The predicted octanol–water partition coefficient (Wildman–Crippen LogP) is 2.17. The largest absolute Gasteiger partial charge is 0.304 e. The number of carbonyl (C=O) groups is 2. The zero-order valence-corrected chi connectivity index (χ0v) is 10.3. The molecule has 1 saturated carbocycles. The van der Waals surface area contributed by atoms with Gasteiger partial charge in [-0.05, 0) is 24.3 Å². The van der Waals surface area contributed by atoms with Crippen LogP contribution in [0.2, 0.25) is 0 Å². The second-order valence-electron chi connectivity index (χ2n) is 4.24. The molecule has 0 unspecified atom stereocenters. The molecule has 0 atom stereocenters. The first-order valence-electron chi connectivity index (χ1n) is 5.68. The zero-order valence-electron chi connectivity index (χ0n) is 9.47. The molecule has 92 valence electrons. The van der Waals surface area contributed by atoms with Gasteiger partial charge in [0, 0.05) is 12.0 Å². The summed E-state index contributed by atoms with van der Waals surface area (Å²) in [5, 5.41) is 11.1. The Labute approximate surface area is 107 Å². The molecule has 2 N–H and O–H groups in total. The maximum Gasteiger partial charge on any atom is 0.298 e. The molecule has 2 aromatic heterocycles. The monoisotopic (exact) mass is 261 g/mol. The van der Waals surface area contributed by atoms with Gasteiger partial charge in [-0.15, -0.1) is 11.3 Å². The Morgan fingerprint density at radius 2 is 2.28 bits per heavy atom. The molecule has 1 aliphatic carbocycles. The van der Waals surface area contributed by atoms with Crippen LogP contribution in [-0.2, 0) is 4.79 Å². The second-order valence-corrected chi connectivity index (χ2v) is 5.19. The number of hydrogen-bond acceptors (Lipinski definition) is 4. The van der Waals surface area contributed by atoms with Gasteiger partial charge in [0.25, 0.3) is 11.7 Å². The van der Waals surface area contributed by atoms with Crippen molar-refractivity contribution in [1.29, 1.82) is 0 Å². The maximum absolute atomic E-state index is 11.7. The fourth-order valence-electron chi connectivity index (χ4n) is 1.69. The highest BCUT2D eigenvalue weighted by atomic mass is 32.1. The minimum absolute atomic E-state index is 0.439. The molecule has 1 aliphatic rings. The van der Waals surface area contributed by atoms with E-state index in [1.807, 2.05) is 0 Å². The van der Waals surface area contributed by atoms with E-state index in [4.69, 9.17) is 0 Å². The molecule has 1 fully saturated rings. The molecule has 2 aromatic rings. The molecule has 0 bridgehead atoms. The van der Waals surface area contributed by atoms with Gasteiger partial charge in [-0.2, -0.15) is 5.10 Å². The van der Waals surface area contributed by atoms with E-state index in [1.54, 1.807) is 23.6 Å². The number of rotatable bonds is 4. The predicted molar refractivity (Wildman–Crippen MR) is 67.8 cm³/mol. The third-order valence-electron chi connectivity index (χ3n) is 2.79. The van der Waals surface area contributed by atoms with Crippen LogP contribution in [0.15, 0.2) is 23.6 Å². The lowest BCUT2D eigenvalue weighted by Crippen LogP contribution is -2.22. The molecular formula is C12H11N3O2S. The van der Waals surface area contributed by atoms with Gasteiger partial charge < -0.3 is 5.32 Å². The zero-order chi connectivity index (χ0) is 12.5. The number of aromatic amines is 1. The van der Waals surface area contributed by atoms with Crippen molar-refractivity contribution in [3.63, 3.8) is 0 Å². The third-order valence-corrected chi connectivity index (χ3v) is 3.66. The minimum Gasteiger partial charge on any atom is -0.304 e. The third kappa shape index (κ3) is 2.19. The Balaban J connectivity index is 1.68. The fraction of sp³-hybridized carbons (Fsp3) is 0.250. The smallest absolute Gasteiger partial charge is 0.298 e. The lowest BCUT2D eigenvalue weighted by atomic mass is 10.3. The van der Waals surface area contributed by atoms with Crippen LogP contribution in [0.4, 0.5) is 5.82 Å². The Kier molecular flexibility index (Phi) is 2.71. The maximum atomic E-state index is 11.7. The molecule has 0 aliphatic heterocycles. The van der Waals surface area contributed by atoms with Gasteiger partial charge in [-0.1, -0.05) is 6.07 Å². The summed E-state index contributed by atoms with van der Waals surface area (Å²) in [6, 6.07) is 5.17. The van der Waals surface area contributed by atoms with Crippen LogP contribution in [0.1, 0.15) is 34.1 Å². The van der Waals surface area contributed by atoms with E-state index in [9.17, 15) is 9.59 Å². The number of Topliss-reactive ketones (excluding diaryl/α,β-unsaturated/α-hetero) is 1. The number of hydrogen-bond donors (Lipinski definition) is 2. The van der Waals surface area contributed by atoms with Crippen molar-refractivity contribution in [3.8, 4) is 0 Å². The molecule has 0 spiro atoms. The summed E-state index contributed by atoms with van der Waals surface area (Å²) in [5.41, 5.74) is 0.953. The van der Waals surface area contributed by atoms with Gasteiger partial charge in [0.2, 0.25) is 0 Å². The summed E-state index contributed by atoms with van der Waals surface area (Å²) < 4.78 is 0. The fourth-order valence-corrected chi connectivity index (χ4v) is 2.35. The first kappa shape index (κ1) is 11.2. The molecule has 0 aromatic carbocycles. The highest BCUT2D eigenvalue weighted by Crippen LogP contribution is 2.39. The molecule has 18 heavy (non-hydrogen) atoms. The number of H-pyrrole nitrogens is 1. The van der Waals surface area contributed by atoms with Crippen molar-refractivity contribution in [2.45, 2.75) is 18.8 Å². The summed E-state index contributed by atoms with van der Waals surface area (Å²) in [7, 11) is 0. The lowest BCUT2D eigenvalue weighted by Gasteiger charge is -1.98. The van der Waals surface area contributed by atoms with Crippen LogP contribution < -0.4 is 5.32 Å². The number of aromatic nitrogens is 2. The molecule has 0 radical (unpaired) electrons. The molecular weight excluding hydrogens is 250 g/mol. The van der Waals surface area contributed by atoms with Gasteiger partial charge in [-0.25, -0.2) is 0 Å².